The van der Waals surface area contributed by atoms with Gasteiger partial charge in [0.05, 0.1) is 5.54 Å². The molecule has 0 bridgehead atoms. The molecule has 1 fully saturated rings. The first-order valence-corrected chi connectivity index (χ1v) is 7.84. The van der Waals surface area contributed by atoms with Crippen LogP contribution in [0.4, 0.5) is 5.69 Å². The van der Waals surface area contributed by atoms with Crippen LogP contribution in [0, 0.1) is 0 Å². The molecule has 3 rings (SSSR count). The molecular formula is C20H23N. The van der Waals surface area contributed by atoms with Crippen molar-refractivity contribution in [2.75, 3.05) is 11.4 Å². The molecular weight excluding hydrogens is 254 g/mol. The minimum Gasteiger partial charge on any atom is -0.362 e. The number of anilines is 1. The van der Waals surface area contributed by atoms with Gasteiger partial charge in [0.15, 0.2) is 0 Å². The van der Waals surface area contributed by atoms with Crippen molar-refractivity contribution in [3.05, 3.63) is 78.9 Å². The molecule has 0 aliphatic carbocycles. The highest BCUT2D eigenvalue weighted by Gasteiger charge is 2.36. The summed E-state index contributed by atoms with van der Waals surface area (Å²) in [5, 5.41) is 0. The van der Waals surface area contributed by atoms with Crippen molar-refractivity contribution in [3.63, 3.8) is 0 Å². The normalized spacial score (nSPS) is 22.0. The molecule has 1 atom stereocenters. The largest absolute Gasteiger partial charge is 0.362 e. The third kappa shape index (κ3) is 2.87. The van der Waals surface area contributed by atoms with Gasteiger partial charge < -0.3 is 4.90 Å². The van der Waals surface area contributed by atoms with Gasteiger partial charge in [-0.15, -0.1) is 6.58 Å². The Kier molecular flexibility index (Phi) is 4.10. The molecule has 0 spiro atoms. The van der Waals surface area contributed by atoms with Gasteiger partial charge in [-0.3, -0.25) is 0 Å². The molecule has 1 heteroatoms. The molecule has 2 aromatic carbocycles. The van der Waals surface area contributed by atoms with E-state index in [1.807, 2.05) is 0 Å². The molecule has 1 heterocycles. The molecule has 0 saturated carbocycles. The van der Waals surface area contributed by atoms with Crippen LogP contribution in [0.2, 0.25) is 0 Å². The molecule has 1 aliphatic rings. The fourth-order valence-corrected chi connectivity index (χ4v) is 3.47. The van der Waals surface area contributed by atoms with E-state index in [9.17, 15) is 0 Å². The summed E-state index contributed by atoms with van der Waals surface area (Å²) in [7, 11) is 0. The summed E-state index contributed by atoms with van der Waals surface area (Å²) in [6, 6.07) is 21.6. The maximum absolute atomic E-state index is 4.19. The lowest BCUT2D eigenvalue weighted by atomic mass is 9.81. The maximum atomic E-state index is 4.19. The molecule has 21 heavy (non-hydrogen) atoms. The number of hydrogen-bond acceptors (Lipinski definition) is 1. The molecule has 2 aromatic rings. The first-order valence-electron chi connectivity index (χ1n) is 7.84. The Labute approximate surface area is 127 Å². The zero-order chi connectivity index (χ0) is 14.5. The van der Waals surface area contributed by atoms with E-state index in [1.54, 1.807) is 0 Å². The van der Waals surface area contributed by atoms with Crippen LogP contribution in [0.1, 0.15) is 24.8 Å². The lowest BCUT2D eigenvalue weighted by Crippen LogP contribution is -2.52. The third-order valence-electron chi connectivity index (χ3n) is 4.58. The van der Waals surface area contributed by atoms with Crippen molar-refractivity contribution in [2.45, 2.75) is 31.2 Å². The van der Waals surface area contributed by atoms with Crippen molar-refractivity contribution >= 4 is 5.69 Å². The van der Waals surface area contributed by atoms with Gasteiger partial charge in [0.1, 0.15) is 0 Å². The molecule has 108 valence electrons. The summed E-state index contributed by atoms with van der Waals surface area (Å²) >= 11 is 0. The van der Waals surface area contributed by atoms with Gasteiger partial charge in [-0.05, 0) is 43.4 Å². The highest BCUT2D eigenvalue weighted by atomic mass is 15.2. The van der Waals surface area contributed by atoms with Gasteiger partial charge in [0.25, 0.3) is 0 Å². The highest BCUT2D eigenvalue weighted by molar-refractivity contribution is 5.52. The van der Waals surface area contributed by atoms with E-state index in [-0.39, 0.29) is 5.54 Å². The Bertz CT molecular complexity index is 575. The maximum Gasteiger partial charge on any atom is 0.0622 e. The minimum atomic E-state index is 0.0426. The van der Waals surface area contributed by atoms with Crippen molar-refractivity contribution < 1.29 is 0 Å². The van der Waals surface area contributed by atoms with Crippen LogP contribution in [-0.4, -0.2) is 12.1 Å². The average molecular weight is 277 g/mol. The van der Waals surface area contributed by atoms with Crippen LogP contribution in [0.5, 0.6) is 0 Å². The molecule has 1 saturated heterocycles. The van der Waals surface area contributed by atoms with Gasteiger partial charge in [-0.25, -0.2) is 0 Å². The summed E-state index contributed by atoms with van der Waals surface area (Å²) in [5.74, 6) is 0. The van der Waals surface area contributed by atoms with Crippen LogP contribution in [0.15, 0.2) is 73.3 Å². The van der Waals surface area contributed by atoms with Gasteiger partial charge in [-0.2, -0.15) is 0 Å². The lowest BCUT2D eigenvalue weighted by Gasteiger charge is -2.47. The Morgan fingerprint density at radius 1 is 0.952 bits per heavy atom. The van der Waals surface area contributed by atoms with E-state index in [2.05, 4.69) is 78.2 Å². The van der Waals surface area contributed by atoms with Gasteiger partial charge in [0, 0.05) is 12.2 Å². The predicted molar refractivity (Wildman–Crippen MR) is 90.7 cm³/mol. The molecule has 0 amide bonds. The quantitative estimate of drug-likeness (QED) is 0.722. The summed E-state index contributed by atoms with van der Waals surface area (Å²) in [6.45, 7) is 5.30. The smallest absolute Gasteiger partial charge is 0.0622 e. The number of piperidine rings is 1. The number of nitrogens with zero attached hydrogens (tertiary/aromatic N) is 1. The summed E-state index contributed by atoms with van der Waals surface area (Å²) < 4.78 is 0. The SMILES string of the molecule is C=CC1(Cc2ccccc2)CCCCN1c1ccccc1. The van der Waals surface area contributed by atoms with E-state index in [1.165, 1.54) is 30.5 Å². The molecule has 1 nitrogen and oxygen atoms in total. The summed E-state index contributed by atoms with van der Waals surface area (Å²) in [6.07, 6.45) is 6.93. The number of hydrogen-bond donors (Lipinski definition) is 0. The van der Waals surface area contributed by atoms with E-state index >= 15 is 0 Å². The first kappa shape index (κ1) is 13.9. The second-order valence-corrected chi connectivity index (χ2v) is 5.91. The van der Waals surface area contributed by atoms with Crippen LogP contribution < -0.4 is 4.90 Å². The van der Waals surface area contributed by atoms with Crippen LogP contribution in [-0.2, 0) is 6.42 Å². The molecule has 1 unspecified atom stereocenters. The van der Waals surface area contributed by atoms with E-state index < -0.39 is 0 Å². The van der Waals surface area contributed by atoms with Crippen molar-refractivity contribution in [1.82, 2.24) is 0 Å². The fourth-order valence-electron chi connectivity index (χ4n) is 3.47. The lowest BCUT2D eigenvalue weighted by molar-refractivity contribution is 0.370. The Morgan fingerprint density at radius 2 is 1.62 bits per heavy atom. The van der Waals surface area contributed by atoms with Crippen LogP contribution >= 0.6 is 0 Å². The number of rotatable bonds is 4. The van der Waals surface area contributed by atoms with Crippen molar-refractivity contribution in [2.24, 2.45) is 0 Å². The predicted octanol–water partition coefficient (Wildman–Crippen LogP) is 4.84. The zero-order valence-corrected chi connectivity index (χ0v) is 12.5. The second-order valence-electron chi connectivity index (χ2n) is 5.91. The third-order valence-corrected chi connectivity index (χ3v) is 4.58. The fraction of sp³-hybridized carbons (Fsp3) is 0.300. The minimum absolute atomic E-state index is 0.0426. The van der Waals surface area contributed by atoms with Gasteiger partial charge in [0.2, 0.25) is 0 Å². The summed E-state index contributed by atoms with van der Waals surface area (Å²) in [4.78, 5) is 2.55. The molecule has 1 aliphatic heterocycles. The second kappa shape index (κ2) is 6.17. The van der Waals surface area contributed by atoms with E-state index in [0.717, 1.165) is 13.0 Å². The monoisotopic (exact) mass is 277 g/mol. The van der Waals surface area contributed by atoms with E-state index in [4.69, 9.17) is 0 Å². The average Bonchev–Trinajstić information content (AvgIpc) is 2.57. The Hall–Kier alpha value is -2.02. The molecule has 0 radical (unpaired) electrons. The van der Waals surface area contributed by atoms with Crippen LogP contribution in [0.25, 0.3) is 0 Å². The number of benzene rings is 2. The van der Waals surface area contributed by atoms with Crippen LogP contribution in [0.3, 0.4) is 0 Å². The van der Waals surface area contributed by atoms with Crippen molar-refractivity contribution in [1.29, 1.82) is 0 Å². The van der Waals surface area contributed by atoms with Crippen molar-refractivity contribution in [3.8, 4) is 0 Å². The highest BCUT2D eigenvalue weighted by Crippen LogP contribution is 2.36. The Morgan fingerprint density at radius 3 is 2.29 bits per heavy atom. The zero-order valence-electron chi connectivity index (χ0n) is 12.5. The Balaban J connectivity index is 1.95. The molecule has 0 N–H and O–H groups in total. The first-order chi connectivity index (χ1) is 10.3. The standard InChI is InChI=1S/C20H23N/c1-2-20(17-18-11-5-3-6-12-18)15-9-10-16-21(20)19-13-7-4-8-14-19/h2-8,11-14H,1,9-10,15-17H2. The van der Waals surface area contributed by atoms with Gasteiger partial charge >= 0.3 is 0 Å². The topological polar surface area (TPSA) is 3.24 Å². The molecule has 0 aromatic heterocycles. The summed E-state index contributed by atoms with van der Waals surface area (Å²) in [5.41, 5.74) is 2.74. The number of para-hydroxylation sites is 1. The van der Waals surface area contributed by atoms with Gasteiger partial charge in [-0.1, -0.05) is 54.6 Å². The van der Waals surface area contributed by atoms with E-state index in [0.29, 0.717) is 0 Å².